The van der Waals surface area contributed by atoms with E-state index in [2.05, 4.69) is 25.3 Å². The van der Waals surface area contributed by atoms with Crippen molar-refractivity contribution in [1.82, 2.24) is 24.9 Å². The first-order valence-electron chi connectivity index (χ1n) is 10.1. The molecule has 0 spiro atoms. The van der Waals surface area contributed by atoms with E-state index in [0.717, 1.165) is 11.5 Å². The molecule has 2 aromatic heterocycles. The van der Waals surface area contributed by atoms with Crippen LogP contribution in [-0.2, 0) is 0 Å². The number of hydrogen-bond acceptors (Lipinski definition) is 8. The van der Waals surface area contributed by atoms with Gasteiger partial charge in [0.2, 0.25) is 0 Å². The van der Waals surface area contributed by atoms with E-state index >= 15 is 0 Å². The van der Waals surface area contributed by atoms with Crippen molar-refractivity contribution < 1.29 is 9.72 Å². The number of piperazine rings is 1. The highest BCUT2D eigenvalue weighted by Crippen LogP contribution is 2.31. The molecule has 0 saturated carbocycles. The summed E-state index contributed by atoms with van der Waals surface area (Å²) in [4.78, 5) is 36.2. The smallest absolute Gasteiger partial charge is 0.293 e. The zero-order valence-corrected chi connectivity index (χ0v) is 17.6. The normalized spacial score (nSPS) is 14.3. The molecule has 0 aliphatic carbocycles. The average molecular weight is 424 g/mol. The third kappa shape index (κ3) is 4.11. The molecule has 1 aromatic carbocycles. The fourth-order valence-corrected chi connectivity index (χ4v) is 3.74. The molecule has 11 heteroatoms. The lowest BCUT2D eigenvalue weighted by molar-refractivity contribution is -0.384. The van der Waals surface area contributed by atoms with E-state index in [-0.39, 0.29) is 23.2 Å². The van der Waals surface area contributed by atoms with Gasteiger partial charge < -0.3 is 15.1 Å². The van der Waals surface area contributed by atoms with E-state index in [0.29, 0.717) is 37.6 Å². The Kier molecular flexibility index (Phi) is 5.40. The molecule has 162 valence electrons. The van der Waals surface area contributed by atoms with Gasteiger partial charge in [-0.3, -0.25) is 14.9 Å². The van der Waals surface area contributed by atoms with Crippen LogP contribution in [0.1, 0.15) is 29.9 Å². The molecule has 0 radical (unpaired) electrons. The first-order valence-corrected chi connectivity index (χ1v) is 10.1. The zero-order chi connectivity index (χ0) is 22.1. The van der Waals surface area contributed by atoms with Gasteiger partial charge in [0.05, 0.1) is 4.92 Å². The number of hydrogen-bond donors (Lipinski definition) is 1. The van der Waals surface area contributed by atoms with Gasteiger partial charge in [0.1, 0.15) is 17.8 Å². The SMILES string of the molecule is Cc1cc(N2CCN(c3ccc(C(=O)NC(C)C)cc3[N+](=O)[O-])CC2)n2ncnc2n1. The monoisotopic (exact) mass is 424 g/mol. The Hall–Kier alpha value is -3.76. The summed E-state index contributed by atoms with van der Waals surface area (Å²) < 4.78 is 1.70. The second kappa shape index (κ2) is 8.17. The van der Waals surface area contributed by atoms with Crippen LogP contribution in [0.25, 0.3) is 5.78 Å². The maximum absolute atomic E-state index is 12.3. The average Bonchev–Trinajstić information content (AvgIpc) is 3.20. The van der Waals surface area contributed by atoms with Crippen LogP contribution in [0.3, 0.4) is 0 Å². The predicted molar refractivity (Wildman–Crippen MR) is 116 cm³/mol. The van der Waals surface area contributed by atoms with Crippen molar-refractivity contribution in [2.45, 2.75) is 26.8 Å². The molecule has 1 saturated heterocycles. The number of aromatic nitrogens is 4. The maximum atomic E-state index is 12.3. The molecular weight excluding hydrogens is 400 g/mol. The minimum absolute atomic E-state index is 0.0485. The Bertz CT molecular complexity index is 1130. The van der Waals surface area contributed by atoms with Gasteiger partial charge in [-0.2, -0.15) is 14.6 Å². The number of rotatable bonds is 5. The molecule has 1 amide bonds. The highest BCUT2D eigenvalue weighted by atomic mass is 16.6. The summed E-state index contributed by atoms with van der Waals surface area (Å²) in [5, 5.41) is 18.7. The van der Waals surface area contributed by atoms with Gasteiger partial charge in [0, 0.05) is 55.6 Å². The summed E-state index contributed by atoms with van der Waals surface area (Å²) >= 11 is 0. The number of nitrogens with one attached hydrogen (secondary N) is 1. The molecule has 0 unspecified atom stereocenters. The molecule has 1 N–H and O–H groups in total. The highest BCUT2D eigenvalue weighted by molar-refractivity contribution is 5.96. The van der Waals surface area contributed by atoms with Crippen molar-refractivity contribution in [2.75, 3.05) is 36.0 Å². The van der Waals surface area contributed by atoms with E-state index in [1.54, 1.807) is 16.6 Å². The number of fused-ring (bicyclic) bond motifs is 1. The van der Waals surface area contributed by atoms with Crippen molar-refractivity contribution >= 4 is 28.9 Å². The molecule has 1 fully saturated rings. The lowest BCUT2D eigenvalue weighted by Gasteiger charge is -2.36. The van der Waals surface area contributed by atoms with Gasteiger partial charge in [-0.25, -0.2) is 4.98 Å². The topological polar surface area (TPSA) is 122 Å². The summed E-state index contributed by atoms with van der Waals surface area (Å²) in [5.74, 6) is 1.12. The van der Waals surface area contributed by atoms with Crippen LogP contribution < -0.4 is 15.1 Å². The van der Waals surface area contributed by atoms with E-state index in [9.17, 15) is 14.9 Å². The fraction of sp³-hybridized carbons (Fsp3) is 0.400. The van der Waals surface area contributed by atoms with E-state index in [1.165, 1.54) is 12.4 Å². The van der Waals surface area contributed by atoms with Gasteiger partial charge in [-0.1, -0.05) is 0 Å². The molecule has 31 heavy (non-hydrogen) atoms. The lowest BCUT2D eigenvalue weighted by Crippen LogP contribution is -2.47. The predicted octanol–water partition coefficient (Wildman–Crippen LogP) is 1.81. The summed E-state index contributed by atoms with van der Waals surface area (Å²) in [6.45, 7) is 8.10. The lowest BCUT2D eigenvalue weighted by atomic mass is 10.1. The number of carbonyl (C=O) groups excluding carboxylic acids is 1. The van der Waals surface area contributed by atoms with Crippen LogP contribution in [0.2, 0.25) is 0 Å². The number of benzene rings is 1. The molecule has 3 aromatic rings. The van der Waals surface area contributed by atoms with Crippen LogP contribution in [-0.4, -0.2) is 62.6 Å². The van der Waals surface area contributed by atoms with Crippen LogP contribution in [0.5, 0.6) is 0 Å². The number of amides is 1. The van der Waals surface area contributed by atoms with Gasteiger partial charge in [-0.05, 0) is 32.9 Å². The van der Waals surface area contributed by atoms with E-state index in [4.69, 9.17) is 0 Å². The molecular formula is C20H24N8O3. The van der Waals surface area contributed by atoms with Crippen molar-refractivity contribution in [3.8, 4) is 0 Å². The summed E-state index contributed by atoms with van der Waals surface area (Å²) in [6, 6.07) is 6.56. The summed E-state index contributed by atoms with van der Waals surface area (Å²) in [7, 11) is 0. The standard InChI is InChI=1S/C20H24N8O3/c1-13(2)23-19(29)15-4-5-16(17(11-15)28(30)31)25-6-8-26(9-7-25)18-10-14(3)24-20-21-12-22-27(18)20/h4-5,10-13H,6-9H2,1-3H3,(H,23,29). The van der Waals surface area contributed by atoms with Crippen molar-refractivity contribution in [3.63, 3.8) is 0 Å². The Labute approximate surface area is 178 Å². The molecule has 3 heterocycles. The number of anilines is 2. The number of aryl methyl sites for hydroxylation is 1. The quantitative estimate of drug-likeness (QED) is 0.486. The molecule has 11 nitrogen and oxygen atoms in total. The van der Waals surface area contributed by atoms with E-state index in [1.807, 2.05) is 31.7 Å². The number of nitro groups is 1. The third-order valence-electron chi connectivity index (χ3n) is 5.16. The maximum Gasteiger partial charge on any atom is 0.293 e. The second-order valence-corrected chi connectivity index (χ2v) is 7.79. The van der Waals surface area contributed by atoms with Crippen molar-refractivity contribution in [2.24, 2.45) is 0 Å². The highest BCUT2D eigenvalue weighted by Gasteiger charge is 2.26. The Balaban J connectivity index is 1.55. The summed E-state index contributed by atoms with van der Waals surface area (Å²) in [6.07, 6.45) is 1.47. The van der Waals surface area contributed by atoms with Gasteiger partial charge in [0.15, 0.2) is 0 Å². The van der Waals surface area contributed by atoms with E-state index < -0.39 is 4.92 Å². The fourth-order valence-electron chi connectivity index (χ4n) is 3.74. The largest absolute Gasteiger partial charge is 0.362 e. The minimum Gasteiger partial charge on any atom is -0.362 e. The Morgan fingerprint density at radius 3 is 2.55 bits per heavy atom. The number of nitro benzene ring substituents is 1. The third-order valence-corrected chi connectivity index (χ3v) is 5.16. The number of carbonyl (C=O) groups is 1. The first kappa shape index (κ1) is 20.5. The molecule has 0 atom stereocenters. The number of nitrogens with zero attached hydrogens (tertiary/aromatic N) is 7. The molecule has 1 aliphatic rings. The van der Waals surface area contributed by atoms with Gasteiger partial charge in [-0.15, -0.1) is 0 Å². The minimum atomic E-state index is -0.432. The van der Waals surface area contributed by atoms with Gasteiger partial charge in [0.25, 0.3) is 17.4 Å². The molecule has 4 rings (SSSR count). The molecule has 1 aliphatic heterocycles. The van der Waals surface area contributed by atoms with Crippen molar-refractivity contribution in [1.29, 1.82) is 0 Å². The first-order chi connectivity index (χ1) is 14.8. The zero-order valence-electron chi connectivity index (χ0n) is 17.6. The van der Waals surface area contributed by atoms with Crippen molar-refractivity contribution in [3.05, 3.63) is 52.0 Å². The Morgan fingerprint density at radius 1 is 1.16 bits per heavy atom. The van der Waals surface area contributed by atoms with Crippen LogP contribution in [0.15, 0.2) is 30.6 Å². The van der Waals surface area contributed by atoms with Crippen LogP contribution in [0, 0.1) is 17.0 Å². The van der Waals surface area contributed by atoms with Crippen LogP contribution >= 0.6 is 0 Å². The van der Waals surface area contributed by atoms with Crippen LogP contribution in [0.4, 0.5) is 17.2 Å². The van der Waals surface area contributed by atoms with Gasteiger partial charge >= 0.3 is 0 Å². The molecule has 0 bridgehead atoms. The Morgan fingerprint density at radius 2 is 1.87 bits per heavy atom. The summed E-state index contributed by atoms with van der Waals surface area (Å²) in [5.41, 5.74) is 1.58. The second-order valence-electron chi connectivity index (χ2n) is 7.79.